The van der Waals surface area contributed by atoms with Crippen LogP contribution in [0.15, 0.2) is 30.3 Å². The van der Waals surface area contributed by atoms with Crippen molar-refractivity contribution in [2.75, 3.05) is 5.73 Å². The highest BCUT2D eigenvalue weighted by atomic mass is 19.4. The number of aromatic carboxylic acids is 1. The summed E-state index contributed by atoms with van der Waals surface area (Å²) in [5, 5.41) is 12.1. The number of para-hydroxylation sites is 1. The van der Waals surface area contributed by atoms with Crippen LogP contribution in [0, 0.1) is 0 Å². The summed E-state index contributed by atoms with van der Waals surface area (Å²) in [4.78, 5) is 10.9. The highest BCUT2D eigenvalue weighted by molar-refractivity contribution is 5.94. The van der Waals surface area contributed by atoms with Gasteiger partial charge < -0.3 is 10.8 Å². The summed E-state index contributed by atoms with van der Waals surface area (Å²) in [6.07, 6.45) is -4.89. The summed E-state index contributed by atoms with van der Waals surface area (Å²) < 4.78 is 38.9. The van der Waals surface area contributed by atoms with Crippen LogP contribution in [0.4, 0.5) is 19.0 Å². The number of halogens is 3. The molecular formula is C11H8F3N3O2. The van der Waals surface area contributed by atoms with Crippen molar-refractivity contribution in [3.05, 3.63) is 41.6 Å². The summed E-state index contributed by atoms with van der Waals surface area (Å²) in [6, 6.07) is 7.74. The van der Waals surface area contributed by atoms with Crippen molar-refractivity contribution in [1.82, 2.24) is 9.78 Å². The molecule has 100 valence electrons. The number of hydrogen-bond acceptors (Lipinski definition) is 3. The van der Waals surface area contributed by atoms with Gasteiger partial charge in [0.25, 0.3) is 0 Å². The Balaban J connectivity index is 2.70. The van der Waals surface area contributed by atoms with Crippen molar-refractivity contribution in [3.8, 4) is 5.69 Å². The summed E-state index contributed by atoms with van der Waals surface area (Å²) >= 11 is 0. The van der Waals surface area contributed by atoms with E-state index in [2.05, 4.69) is 5.10 Å². The van der Waals surface area contributed by atoms with Gasteiger partial charge in [0.1, 0.15) is 11.4 Å². The number of carboxylic acids is 1. The minimum absolute atomic E-state index is 0.248. The van der Waals surface area contributed by atoms with Crippen LogP contribution in [0.5, 0.6) is 0 Å². The van der Waals surface area contributed by atoms with Gasteiger partial charge in [0.15, 0.2) is 5.69 Å². The first kappa shape index (κ1) is 12.9. The molecule has 0 spiro atoms. The molecule has 0 saturated carbocycles. The molecule has 0 aliphatic heterocycles. The largest absolute Gasteiger partial charge is 0.477 e. The van der Waals surface area contributed by atoms with Crippen LogP contribution < -0.4 is 5.73 Å². The van der Waals surface area contributed by atoms with Crippen molar-refractivity contribution in [1.29, 1.82) is 0 Å². The zero-order valence-corrected chi connectivity index (χ0v) is 9.35. The molecule has 0 aliphatic rings. The van der Waals surface area contributed by atoms with E-state index in [1.807, 2.05) is 0 Å². The Morgan fingerprint density at radius 2 is 1.84 bits per heavy atom. The molecule has 1 heterocycles. The van der Waals surface area contributed by atoms with Crippen molar-refractivity contribution < 1.29 is 23.1 Å². The molecule has 2 rings (SSSR count). The van der Waals surface area contributed by atoms with E-state index in [0.717, 1.165) is 4.68 Å². The van der Waals surface area contributed by atoms with Gasteiger partial charge in [-0.3, -0.25) is 0 Å². The fraction of sp³-hybridized carbons (Fsp3) is 0.0909. The van der Waals surface area contributed by atoms with E-state index in [0.29, 0.717) is 0 Å². The molecule has 0 saturated heterocycles. The van der Waals surface area contributed by atoms with Crippen LogP contribution in [0.1, 0.15) is 16.1 Å². The molecule has 5 nitrogen and oxygen atoms in total. The summed E-state index contributed by atoms with van der Waals surface area (Å²) in [7, 11) is 0. The molecule has 0 bridgehead atoms. The maximum absolute atomic E-state index is 12.7. The molecule has 2 aromatic rings. The maximum atomic E-state index is 12.7. The van der Waals surface area contributed by atoms with Crippen LogP contribution in [0.25, 0.3) is 5.69 Å². The first-order chi connectivity index (χ1) is 8.82. The number of hydrogen-bond donors (Lipinski definition) is 2. The standard InChI is InChI=1S/C11H8F3N3O2/c12-11(13,14)8-7(10(18)19)9(15)17(16-8)6-4-2-1-3-5-6/h1-5H,15H2,(H,18,19). The Morgan fingerprint density at radius 1 is 1.26 bits per heavy atom. The molecule has 0 amide bonds. The fourth-order valence-electron chi connectivity index (χ4n) is 1.61. The molecule has 0 unspecified atom stereocenters. The Kier molecular flexibility index (Phi) is 2.93. The second kappa shape index (κ2) is 4.30. The molecule has 0 aliphatic carbocycles. The van der Waals surface area contributed by atoms with Crippen molar-refractivity contribution in [2.45, 2.75) is 6.18 Å². The number of benzene rings is 1. The lowest BCUT2D eigenvalue weighted by atomic mass is 10.2. The molecule has 1 aromatic carbocycles. The van der Waals surface area contributed by atoms with E-state index in [1.165, 1.54) is 12.1 Å². The number of nitrogens with two attached hydrogens (primary N) is 1. The van der Waals surface area contributed by atoms with Crippen LogP contribution in [0.2, 0.25) is 0 Å². The lowest BCUT2D eigenvalue weighted by Gasteiger charge is -2.03. The van der Waals surface area contributed by atoms with E-state index in [9.17, 15) is 18.0 Å². The Labute approximate surface area is 105 Å². The second-order valence-electron chi connectivity index (χ2n) is 3.66. The van der Waals surface area contributed by atoms with E-state index in [4.69, 9.17) is 10.8 Å². The lowest BCUT2D eigenvalue weighted by Crippen LogP contribution is -2.12. The number of nitrogens with zero attached hydrogens (tertiary/aromatic N) is 2. The summed E-state index contributed by atoms with van der Waals surface area (Å²) in [5.74, 6) is -2.34. The molecular weight excluding hydrogens is 263 g/mol. The molecule has 3 N–H and O–H groups in total. The predicted octanol–water partition coefficient (Wildman–Crippen LogP) is 2.17. The number of alkyl halides is 3. The number of nitrogen functional groups attached to an aromatic ring is 1. The minimum Gasteiger partial charge on any atom is -0.477 e. The number of rotatable bonds is 2. The van der Waals surface area contributed by atoms with Gasteiger partial charge in [0.2, 0.25) is 0 Å². The van der Waals surface area contributed by atoms with Gasteiger partial charge in [-0.05, 0) is 12.1 Å². The first-order valence-electron chi connectivity index (χ1n) is 5.06. The van der Waals surface area contributed by atoms with Gasteiger partial charge in [-0.2, -0.15) is 18.3 Å². The smallest absolute Gasteiger partial charge is 0.436 e. The molecule has 0 atom stereocenters. The number of aromatic nitrogens is 2. The molecule has 19 heavy (non-hydrogen) atoms. The minimum atomic E-state index is -4.89. The number of carboxylic acid groups (broad SMARTS) is 1. The fourth-order valence-corrected chi connectivity index (χ4v) is 1.61. The van der Waals surface area contributed by atoms with E-state index in [-0.39, 0.29) is 5.69 Å². The van der Waals surface area contributed by atoms with Gasteiger partial charge in [0.05, 0.1) is 5.69 Å². The van der Waals surface area contributed by atoms with Crippen LogP contribution in [0.3, 0.4) is 0 Å². The Morgan fingerprint density at radius 3 is 2.26 bits per heavy atom. The monoisotopic (exact) mass is 271 g/mol. The normalized spacial score (nSPS) is 11.5. The van der Waals surface area contributed by atoms with Crippen LogP contribution in [-0.4, -0.2) is 20.9 Å². The molecule has 8 heteroatoms. The zero-order valence-electron chi connectivity index (χ0n) is 9.35. The van der Waals surface area contributed by atoms with E-state index in [1.54, 1.807) is 18.2 Å². The highest BCUT2D eigenvalue weighted by Gasteiger charge is 2.41. The van der Waals surface area contributed by atoms with Gasteiger partial charge in [0, 0.05) is 0 Å². The quantitative estimate of drug-likeness (QED) is 0.877. The number of carbonyl (C=O) groups is 1. The van der Waals surface area contributed by atoms with Gasteiger partial charge in [-0.15, -0.1) is 0 Å². The van der Waals surface area contributed by atoms with Crippen LogP contribution in [-0.2, 0) is 6.18 Å². The van der Waals surface area contributed by atoms with Gasteiger partial charge in [-0.1, -0.05) is 18.2 Å². The zero-order chi connectivity index (χ0) is 14.2. The predicted molar refractivity (Wildman–Crippen MR) is 59.9 cm³/mol. The highest BCUT2D eigenvalue weighted by Crippen LogP contribution is 2.34. The Bertz CT molecular complexity index is 620. The average molecular weight is 271 g/mol. The summed E-state index contributed by atoms with van der Waals surface area (Å²) in [5.41, 5.74) is 3.14. The maximum Gasteiger partial charge on any atom is 0.436 e. The van der Waals surface area contributed by atoms with E-state index < -0.39 is 29.2 Å². The van der Waals surface area contributed by atoms with Crippen molar-refractivity contribution in [2.24, 2.45) is 0 Å². The third kappa shape index (κ3) is 2.24. The van der Waals surface area contributed by atoms with Crippen LogP contribution >= 0.6 is 0 Å². The third-order valence-electron chi connectivity index (χ3n) is 2.40. The topological polar surface area (TPSA) is 81.1 Å². The SMILES string of the molecule is Nc1c(C(=O)O)c(C(F)(F)F)nn1-c1ccccc1. The molecule has 0 radical (unpaired) electrons. The summed E-state index contributed by atoms with van der Waals surface area (Å²) in [6.45, 7) is 0. The number of anilines is 1. The van der Waals surface area contributed by atoms with Gasteiger partial charge in [-0.25, -0.2) is 9.48 Å². The third-order valence-corrected chi connectivity index (χ3v) is 2.40. The van der Waals surface area contributed by atoms with Crippen molar-refractivity contribution >= 4 is 11.8 Å². The van der Waals surface area contributed by atoms with Gasteiger partial charge >= 0.3 is 12.1 Å². The molecule has 1 aromatic heterocycles. The van der Waals surface area contributed by atoms with Crippen molar-refractivity contribution in [3.63, 3.8) is 0 Å². The second-order valence-corrected chi connectivity index (χ2v) is 3.66. The average Bonchev–Trinajstić information content (AvgIpc) is 2.68. The first-order valence-corrected chi connectivity index (χ1v) is 5.06. The lowest BCUT2D eigenvalue weighted by molar-refractivity contribution is -0.141. The Hall–Kier alpha value is -2.51. The van der Waals surface area contributed by atoms with E-state index >= 15 is 0 Å². The molecule has 0 fully saturated rings.